The number of fused-ring (bicyclic) bond motifs is 1. The van der Waals surface area contributed by atoms with Crippen molar-refractivity contribution in [3.8, 4) is 5.75 Å². The largest absolute Gasteiger partial charge is 0.505 e. The minimum atomic E-state index is -3.81. The van der Waals surface area contributed by atoms with Gasteiger partial charge in [-0.1, -0.05) is 24.3 Å². The number of carboxylic acid groups (broad SMARTS) is 1. The van der Waals surface area contributed by atoms with Crippen LogP contribution in [0, 0.1) is 0 Å². The third-order valence-corrected chi connectivity index (χ3v) is 4.58. The summed E-state index contributed by atoms with van der Waals surface area (Å²) in [5, 5.41) is 33.4. The fourth-order valence-corrected chi connectivity index (χ4v) is 2.94. The average molecular weight is 371 g/mol. The van der Waals surface area contributed by atoms with Crippen LogP contribution in [0.2, 0.25) is 0 Å². The summed E-state index contributed by atoms with van der Waals surface area (Å²) >= 11 is 0. The maximum atomic E-state index is 11.5. The second kappa shape index (κ2) is 6.54. The number of aromatic hydroxyl groups is 1. The molecule has 0 radical (unpaired) electrons. The van der Waals surface area contributed by atoms with Crippen molar-refractivity contribution in [3.63, 3.8) is 0 Å². The van der Waals surface area contributed by atoms with Crippen LogP contribution in [0.1, 0.15) is 10.4 Å². The van der Waals surface area contributed by atoms with Gasteiger partial charge in [-0.05, 0) is 35.7 Å². The summed E-state index contributed by atoms with van der Waals surface area (Å²) in [5.41, 5.74) is 0.0279. The smallest absolute Gasteiger partial charge is 0.340 e. The summed E-state index contributed by atoms with van der Waals surface area (Å²) in [5.74, 6) is -1.78. The lowest BCUT2D eigenvalue weighted by Gasteiger charge is -2.07. The lowest BCUT2D eigenvalue weighted by atomic mass is 10.0. The molecule has 0 aliphatic rings. The molecule has 3 rings (SSSR count). The van der Waals surface area contributed by atoms with Crippen molar-refractivity contribution >= 4 is 38.1 Å². The fraction of sp³-hybridized carbons (Fsp3) is 0. The number of carbonyl (C=O) groups is 1. The zero-order chi connectivity index (χ0) is 18.9. The van der Waals surface area contributed by atoms with E-state index in [1.807, 2.05) is 0 Å². The summed E-state index contributed by atoms with van der Waals surface area (Å²) in [4.78, 5) is 11.4. The van der Waals surface area contributed by atoms with Crippen molar-refractivity contribution in [1.29, 1.82) is 0 Å². The van der Waals surface area contributed by atoms with Crippen LogP contribution >= 0.6 is 0 Å². The summed E-state index contributed by atoms with van der Waals surface area (Å²) in [6.07, 6.45) is 0. The third kappa shape index (κ3) is 3.39. The van der Waals surface area contributed by atoms with Crippen LogP contribution < -0.4 is 5.14 Å². The Hall–Kier alpha value is -3.30. The summed E-state index contributed by atoms with van der Waals surface area (Å²) in [7, 11) is -3.81. The molecule has 9 heteroatoms. The normalized spacial score (nSPS) is 11.9. The first kappa shape index (κ1) is 17.5. The number of hydrogen-bond donors (Lipinski definition) is 3. The first-order valence-corrected chi connectivity index (χ1v) is 8.84. The van der Waals surface area contributed by atoms with Crippen LogP contribution in [0.3, 0.4) is 0 Å². The second-order valence-electron chi connectivity index (χ2n) is 5.38. The number of rotatable bonds is 4. The Morgan fingerprint density at radius 1 is 1.00 bits per heavy atom. The molecule has 0 atom stereocenters. The molecule has 26 heavy (non-hydrogen) atoms. The van der Waals surface area contributed by atoms with E-state index in [1.165, 1.54) is 30.3 Å². The number of aromatic carboxylic acids is 1. The van der Waals surface area contributed by atoms with Gasteiger partial charge in [0.25, 0.3) is 0 Å². The molecular weight excluding hydrogens is 358 g/mol. The molecule has 0 spiro atoms. The molecule has 0 aliphatic heterocycles. The molecule has 132 valence electrons. The van der Waals surface area contributed by atoms with Gasteiger partial charge in [0.1, 0.15) is 11.3 Å². The number of carboxylic acids is 1. The highest BCUT2D eigenvalue weighted by molar-refractivity contribution is 7.89. The summed E-state index contributed by atoms with van der Waals surface area (Å²) in [6.45, 7) is 0. The van der Waals surface area contributed by atoms with Crippen LogP contribution in [-0.4, -0.2) is 24.6 Å². The second-order valence-corrected chi connectivity index (χ2v) is 6.95. The number of benzene rings is 3. The Labute approximate surface area is 148 Å². The number of nitrogens with two attached hydrogens (primary N) is 1. The van der Waals surface area contributed by atoms with E-state index in [4.69, 9.17) is 5.14 Å². The Morgan fingerprint density at radius 2 is 1.65 bits per heavy atom. The predicted molar refractivity (Wildman–Crippen MR) is 94.6 cm³/mol. The van der Waals surface area contributed by atoms with Gasteiger partial charge < -0.3 is 10.2 Å². The molecular formula is C17H13N3O5S. The Morgan fingerprint density at radius 3 is 2.27 bits per heavy atom. The number of nitrogens with zero attached hydrogens (tertiary/aromatic N) is 2. The molecule has 0 unspecified atom stereocenters. The van der Waals surface area contributed by atoms with E-state index in [0.717, 1.165) is 0 Å². The monoisotopic (exact) mass is 371 g/mol. The average Bonchev–Trinajstić information content (AvgIpc) is 2.59. The van der Waals surface area contributed by atoms with E-state index in [-0.39, 0.29) is 16.1 Å². The molecule has 0 amide bonds. The topological polar surface area (TPSA) is 142 Å². The number of hydrogen-bond acceptors (Lipinski definition) is 6. The molecule has 0 aromatic heterocycles. The van der Waals surface area contributed by atoms with Gasteiger partial charge >= 0.3 is 5.97 Å². The van der Waals surface area contributed by atoms with Crippen molar-refractivity contribution in [2.75, 3.05) is 0 Å². The number of sulfonamides is 1. The molecule has 0 saturated carbocycles. The lowest BCUT2D eigenvalue weighted by molar-refractivity contribution is 0.0696. The van der Waals surface area contributed by atoms with Crippen molar-refractivity contribution < 1.29 is 23.4 Å². The lowest BCUT2D eigenvalue weighted by Crippen LogP contribution is -2.11. The number of phenols is 1. The van der Waals surface area contributed by atoms with Crippen molar-refractivity contribution in [2.45, 2.75) is 4.90 Å². The SMILES string of the molecule is NS(=O)(=O)c1ccc(N=Nc2cc3ccccc3c(C(=O)O)c2O)cc1. The fourth-order valence-electron chi connectivity index (χ4n) is 2.43. The van der Waals surface area contributed by atoms with E-state index < -0.39 is 21.7 Å². The van der Waals surface area contributed by atoms with E-state index in [9.17, 15) is 23.4 Å². The van der Waals surface area contributed by atoms with Crippen molar-refractivity contribution in [1.82, 2.24) is 0 Å². The van der Waals surface area contributed by atoms with Crippen LogP contribution in [0.4, 0.5) is 11.4 Å². The first-order chi connectivity index (χ1) is 12.3. The maximum Gasteiger partial charge on any atom is 0.340 e. The van der Waals surface area contributed by atoms with E-state index in [1.54, 1.807) is 24.3 Å². The van der Waals surface area contributed by atoms with Gasteiger partial charge in [0, 0.05) is 5.39 Å². The highest BCUT2D eigenvalue weighted by Crippen LogP contribution is 2.37. The minimum Gasteiger partial charge on any atom is -0.505 e. The number of primary sulfonamides is 1. The van der Waals surface area contributed by atoms with E-state index in [0.29, 0.717) is 16.5 Å². The molecule has 0 bridgehead atoms. The zero-order valence-corrected chi connectivity index (χ0v) is 14.0. The highest BCUT2D eigenvalue weighted by atomic mass is 32.2. The highest BCUT2D eigenvalue weighted by Gasteiger charge is 2.18. The molecule has 0 aliphatic carbocycles. The summed E-state index contributed by atoms with van der Waals surface area (Å²) < 4.78 is 22.5. The van der Waals surface area contributed by atoms with Gasteiger partial charge in [0.05, 0.1) is 10.6 Å². The number of azo groups is 1. The predicted octanol–water partition coefficient (Wildman–Crippen LogP) is 3.31. The molecule has 8 nitrogen and oxygen atoms in total. The first-order valence-electron chi connectivity index (χ1n) is 7.30. The van der Waals surface area contributed by atoms with Crippen molar-refractivity contribution in [2.24, 2.45) is 15.4 Å². The minimum absolute atomic E-state index is 0.0170. The van der Waals surface area contributed by atoms with Gasteiger partial charge in [0.15, 0.2) is 5.75 Å². The van der Waals surface area contributed by atoms with Crippen LogP contribution in [0.25, 0.3) is 10.8 Å². The van der Waals surface area contributed by atoms with E-state index >= 15 is 0 Å². The molecule has 0 heterocycles. The molecule has 4 N–H and O–H groups in total. The van der Waals surface area contributed by atoms with Gasteiger partial charge in [-0.3, -0.25) is 0 Å². The molecule has 3 aromatic carbocycles. The molecule has 0 saturated heterocycles. The van der Waals surface area contributed by atoms with Crippen LogP contribution in [-0.2, 0) is 10.0 Å². The Balaban J connectivity index is 2.05. The van der Waals surface area contributed by atoms with Gasteiger partial charge in [-0.25, -0.2) is 18.4 Å². The Bertz CT molecular complexity index is 1140. The molecule has 0 fully saturated rings. The Kier molecular flexibility index (Phi) is 4.41. The zero-order valence-electron chi connectivity index (χ0n) is 13.2. The summed E-state index contributed by atoms with van der Waals surface area (Å²) in [6, 6.07) is 13.5. The maximum absolute atomic E-state index is 11.5. The van der Waals surface area contributed by atoms with Gasteiger partial charge in [-0.2, -0.15) is 5.11 Å². The third-order valence-electron chi connectivity index (χ3n) is 3.65. The van der Waals surface area contributed by atoms with Crippen molar-refractivity contribution in [3.05, 3.63) is 60.2 Å². The van der Waals surface area contributed by atoms with Crippen LogP contribution in [0.5, 0.6) is 5.75 Å². The van der Waals surface area contributed by atoms with Gasteiger partial charge in [-0.15, -0.1) is 5.11 Å². The standard InChI is InChI=1S/C17H13N3O5S/c18-26(24,25)12-7-5-11(6-8-12)19-20-14-9-10-3-1-2-4-13(10)15(16(14)21)17(22)23/h1-9,21H,(H,22,23)(H2,18,24,25). The molecule has 3 aromatic rings. The van der Waals surface area contributed by atoms with Crippen LogP contribution in [0.15, 0.2) is 69.7 Å². The van der Waals surface area contributed by atoms with Gasteiger partial charge in [0.2, 0.25) is 10.0 Å². The van der Waals surface area contributed by atoms with E-state index in [2.05, 4.69) is 10.2 Å². The quantitative estimate of drug-likeness (QED) is 0.603.